The zero-order chi connectivity index (χ0) is 32.3. The van der Waals surface area contributed by atoms with Crippen LogP contribution < -0.4 is 10.1 Å². The Labute approximate surface area is 268 Å². The minimum Gasteiger partial charge on any atom is -0.434 e. The number of aromatic nitrogens is 5. The molecule has 14 heteroatoms. The van der Waals surface area contributed by atoms with Crippen molar-refractivity contribution in [1.29, 1.82) is 0 Å². The van der Waals surface area contributed by atoms with Gasteiger partial charge >= 0.3 is 6.61 Å². The van der Waals surface area contributed by atoms with E-state index in [1.807, 2.05) is 17.0 Å². The Morgan fingerprint density at radius 3 is 2.57 bits per heavy atom. The van der Waals surface area contributed by atoms with E-state index in [4.69, 9.17) is 9.47 Å². The van der Waals surface area contributed by atoms with E-state index in [1.165, 1.54) is 27.7 Å². The number of rotatable bonds is 9. The summed E-state index contributed by atoms with van der Waals surface area (Å²) in [5.74, 6) is -0.224. The van der Waals surface area contributed by atoms with Crippen LogP contribution in [0.2, 0.25) is 0 Å². The molecule has 0 spiro atoms. The summed E-state index contributed by atoms with van der Waals surface area (Å²) >= 11 is 0. The Balaban J connectivity index is 1.16. The number of carbonyl (C=O) groups is 2. The highest BCUT2D eigenvalue weighted by molar-refractivity contribution is 6.09. The Morgan fingerprint density at radius 1 is 1.04 bits per heavy atom. The van der Waals surface area contributed by atoms with Gasteiger partial charge in [0.15, 0.2) is 5.65 Å². The van der Waals surface area contributed by atoms with Crippen LogP contribution in [0.3, 0.4) is 0 Å². The molecule has 2 aromatic carbocycles. The summed E-state index contributed by atoms with van der Waals surface area (Å²) in [6.45, 7) is 2.51. The number of halogens is 2. The minimum atomic E-state index is -3.09. The molecule has 2 fully saturated rings. The molecule has 3 aromatic heterocycles. The Morgan fingerprint density at radius 2 is 1.81 bits per heavy atom. The van der Waals surface area contributed by atoms with E-state index >= 15 is 0 Å². The van der Waals surface area contributed by atoms with E-state index in [1.54, 1.807) is 36.7 Å². The van der Waals surface area contributed by atoms with Crippen LogP contribution in [-0.2, 0) is 16.1 Å². The summed E-state index contributed by atoms with van der Waals surface area (Å²) in [5, 5.41) is 13.2. The van der Waals surface area contributed by atoms with E-state index in [0.717, 1.165) is 51.1 Å². The fourth-order valence-corrected chi connectivity index (χ4v) is 6.32. The van der Waals surface area contributed by atoms with Crippen molar-refractivity contribution in [3.8, 4) is 17.0 Å². The fraction of sp³-hybridized carbons (Fsp3) is 0.364. The molecular weight excluding hydrogens is 610 g/mol. The van der Waals surface area contributed by atoms with Gasteiger partial charge in [0.2, 0.25) is 5.91 Å². The number of likely N-dealkylation sites (tertiary alicyclic amines) is 1. The summed E-state index contributed by atoms with van der Waals surface area (Å²) in [6, 6.07) is 12.2. The van der Waals surface area contributed by atoms with Crippen molar-refractivity contribution < 1.29 is 27.8 Å². The second-order valence-corrected chi connectivity index (χ2v) is 11.8. The van der Waals surface area contributed by atoms with Gasteiger partial charge in [-0.05, 0) is 47.7 Å². The number of nitrogens with zero attached hydrogens (tertiary/aromatic N) is 7. The second kappa shape index (κ2) is 13.4. The Bertz CT molecular complexity index is 1900. The summed E-state index contributed by atoms with van der Waals surface area (Å²) in [6.07, 6.45) is 7.98. The first kappa shape index (κ1) is 30.7. The quantitative estimate of drug-likeness (QED) is 0.254. The molecule has 2 aliphatic heterocycles. The lowest BCUT2D eigenvalue weighted by Gasteiger charge is -2.36. The number of nitrogens with one attached hydrogen (secondary N) is 1. The lowest BCUT2D eigenvalue weighted by atomic mass is 9.96. The molecule has 2 saturated heterocycles. The van der Waals surface area contributed by atoms with E-state index in [-0.39, 0.29) is 40.7 Å². The first-order valence-electron chi connectivity index (χ1n) is 15.6. The predicted octanol–water partition coefficient (Wildman–Crippen LogP) is 4.17. The van der Waals surface area contributed by atoms with E-state index in [0.29, 0.717) is 30.0 Å². The van der Waals surface area contributed by atoms with E-state index in [9.17, 15) is 18.4 Å². The van der Waals surface area contributed by atoms with Crippen LogP contribution in [0.15, 0.2) is 67.3 Å². The number of amides is 2. The molecule has 0 bridgehead atoms. The number of morpholine rings is 1. The van der Waals surface area contributed by atoms with Crippen LogP contribution in [0.1, 0.15) is 23.2 Å². The van der Waals surface area contributed by atoms with Gasteiger partial charge in [-0.15, -0.1) is 0 Å². The van der Waals surface area contributed by atoms with Gasteiger partial charge in [-0.25, -0.2) is 9.50 Å². The lowest BCUT2D eigenvalue weighted by molar-refractivity contribution is -0.133. The number of hydrogen-bond acceptors (Lipinski definition) is 8. The van der Waals surface area contributed by atoms with Crippen molar-refractivity contribution in [2.75, 3.05) is 51.3 Å². The van der Waals surface area contributed by atoms with Crippen molar-refractivity contribution in [2.24, 2.45) is 5.92 Å². The Hall–Kier alpha value is -4.95. The van der Waals surface area contributed by atoms with Crippen molar-refractivity contribution in [3.63, 3.8) is 0 Å². The molecular formula is C33H34F2N8O4. The minimum absolute atomic E-state index is 0.0894. The highest BCUT2D eigenvalue weighted by atomic mass is 19.3. The summed E-state index contributed by atoms with van der Waals surface area (Å²) in [7, 11) is 0. The average molecular weight is 645 g/mol. The zero-order valence-corrected chi connectivity index (χ0v) is 25.6. The molecule has 5 aromatic rings. The zero-order valence-electron chi connectivity index (χ0n) is 25.6. The number of anilines is 1. The van der Waals surface area contributed by atoms with Gasteiger partial charge < -0.3 is 19.7 Å². The molecule has 5 heterocycles. The molecule has 0 saturated carbocycles. The maximum Gasteiger partial charge on any atom is 0.387 e. The fourth-order valence-electron chi connectivity index (χ4n) is 6.32. The van der Waals surface area contributed by atoms with Crippen LogP contribution in [0.5, 0.6) is 5.75 Å². The molecule has 0 atom stereocenters. The smallest absolute Gasteiger partial charge is 0.387 e. The SMILES string of the molecule is O=C(Nc1cn(CC(=O)N2CCC(CN3CCOCC3)CC2)nc1-c1cc2ccccc2cc1OC(F)F)c1cnn2cccnc12. The van der Waals surface area contributed by atoms with Crippen LogP contribution in [-0.4, -0.2) is 98.5 Å². The van der Waals surface area contributed by atoms with Crippen LogP contribution in [0.4, 0.5) is 14.5 Å². The van der Waals surface area contributed by atoms with Gasteiger partial charge in [0, 0.05) is 56.9 Å². The average Bonchev–Trinajstić information content (AvgIpc) is 3.69. The number of carbonyl (C=O) groups excluding carboxylic acids is 2. The molecule has 47 heavy (non-hydrogen) atoms. The molecule has 7 rings (SSSR count). The maximum atomic E-state index is 13.6. The van der Waals surface area contributed by atoms with Crippen LogP contribution in [0.25, 0.3) is 27.7 Å². The first-order valence-corrected chi connectivity index (χ1v) is 15.6. The first-order chi connectivity index (χ1) is 22.9. The third-order valence-electron chi connectivity index (χ3n) is 8.74. The third kappa shape index (κ3) is 6.79. The molecule has 2 amide bonds. The number of fused-ring (bicyclic) bond motifs is 2. The normalized spacial score (nSPS) is 16.3. The number of piperidine rings is 1. The van der Waals surface area contributed by atoms with Gasteiger partial charge in [0.1, 0.15) is 23.6 Å². The largest absolute Gasteiger partial charge is 0.434 e. The summed E-state index contributed by atoms with van der Waals surface area (Å²) in [5.41, 5.74) is 1.20. The molecule has 0 aliphatic carbocycles. The van der Waals surface area contributed by atoms with Crippen LogP contribution in [0, 0.1) is 5.92 Å². The van der Waals surface area contributed by atoms with Crippen LogP contribution >= 0.6 is 0 Å². The van der Waals surface area contributed by atoms with Gasteiger partial charge in [-0.1, -0.05) is 24.3 Å². The number of hydrogen-bond donors (Lipinski definition) is 1. The topological polar surface area (TPSA) is 119 Å². The molecule has 244 valence electrons. The molecule has 0 unspecified atom stereocenters. The number of alkyl halides is 2. The van der Waals surface area contributed by atoms with Crippen molar-refractivity contribution >= 4 is 33.9 Å². The monoisotopic (exact) mass is 644 g/mol. The highest BCUT2D eigenvalue weighted by Gasteiger charge is 2.27. The molecule has 2 aliphatic rings. The van der Waals surface area contributed by atoms with E-state index < -0.39 is 12.5 Å². The maximum absolute atomic E-state index is 13.6. The predicted molar refractivity (Wildman–Crippen MR) is 169 cm³/mol. The van der Waals surface area contributed by atoms with Crippen molar-refractivity contribution in [1.82, 2.24) is 34.2 Å². The van der Waals surface area contributed by atoms with Gasteiger partial charge in [0.25, 0.3) is 5.91 Å². The molecule has 0 radical (unpaired) electrons. The van der Waals surface area contributed by atoms with Crippen molar-refractivity contribution in [3.05, 3.63) is 72.8 Å². The van der Waals surface area contributed by atoms with Gasteiger partial charge in [0.05, 0.1) is 25.1 Å². The number of ether oxygens (including phenoxy) is 2. The Kier molecular flexibility index (Phi) is 8.76. The molecule has 12 nitrogen and oxygen atoms in total. The van der Waals surface area contributed by atoms with E-state index in [2.05, 4.69) is 25.4 Å². The summed E-state index contributed by atoms with van der Waals surface area (Å²) < 4.78 is 40.5. The number of benzene rings is 2. The molecule has 1 N–H and O–H groups in total. The summed E-state index contributed by atoms with van der Waals surface area (Å²) in [4.78, 5) is 35.5. The van der Waals surface area contributed by atoms with Crippen molar-refractivity contribution in [2.45, 2.75) is 26.0 Å². The third-order valence-corrected chi connectivity index (χ3v) is 8.74. The van der Waals surface area contributed by atoms with Gasteiger partial charge in [-0.2, -0.15) is 19.0 Å². The standard InChI is InChI=1S/C33H34F2N8O4/c34-33(35)47-28-17-24-5-2-1-4-23(24)16-25(28)30-27(38-32(45)26-18-37-43-9-3-8-36-31(26)43)20-42(39-30)21-29(44)41-10-6-22(7-11-41)19-40-12-14-46-15-13-40/h1-5,8-9,16-18,20,22,33H,6-7,10-15,19,21H2,(H,38,45). The lowest BCUT2D eigenvalue weighted by Crippen LogP contribution is -2.45. The second-order valence-electron chi connectivity index (χ2n) is 11.8. The highest BCUT2D eigenvalue weighted by Crippen LogP contribution is 2.38. The van der Waals surface area contributed by atoms with Gasteiger partial charge in [-0.3, -0.25) is 19.2 Å².